The van der Waals surface area contributed by atoms with E-state index in [9.17, 15) is 22.8 Å². The fourth-order valence-electron chi connectivity index (χ4n) is 1.75. The van der Waals surface area contributed by atoms with Crippen LogP contribution in [0.5, 0.6) is 5.75 Å². The molecular weight excluding hydrogens is 331 g/mol. The van der Waals surface area contributed by atoms with Crippen molar-refractivity contribution < 1.29 is 27.5 Å². The number of methoxy groups -OCH3 is 1. The first-order valence-corrected chi connectivity index (χ1v) is 7.30. The Morgan fingerprint density at radius 2 is 1.87 bits per heavy atom. The number of Topliss-reactive ketones (excluding diaryl/α,β-unsaturated/α-hetero) is 1. The summed E-state index contributed by atoms with van der Waals surface area (Å²) >= 11 is 0.790. The van der Waals surface area contributed by atoms with Crippen molar-refractivity contribution in [1.29, 1.82) is 0 Å². The van der Waals surface area contributed by atoms with Crippen LogP contribution in [0.3, 0.4) is 0 Å². The van der Waals surface area contributed by atoms with Gasteiger partial charge in [0.2, 0.25) is 0 Å². The summed E-state index contributed by atoms with van der Waals surface area (Å²) in [5.74, 6) is -1.82. The Morgan fingerprint density at radius 1 is 1.22 bits per heavy atom. The highest BCUT2D eigenvalue weighted by Gasteiger charge is 2.39. The number of hydrogen-bond acceptors (Lipinski definition) is 4. The van der Waals surface area contributed by atoms with Gasteiger partial charge < -0.3 is 10.1 Å². The number of nitrogens with one attached hydrogen (secondary N) is 1. The number of benzene rings is 1. The number of ketones is 1. The Kier molecular flexibility index (Phi) is 5.05. The van der Waals surface area contributed by atoms with Crippen LogP contribution in [0.1, 0.15) is 25.6 Å². The lowest BCUT2D eigenvalue weighted by Gasteiger charge is -2.05. The van der Waals surface area contributed by atoms with Crippen molar-refractivity contribution >= 4 is 23.0 Å². The van der Waals surface area contributed by atoms with Gasteiger partial charge in [-0.2, -0.15) is 13.2 Å². The molecule has 0 aliphatic carbocycles. The molecule has 0 spiro atoms. The highest BCUT2D eigenvalue weighted by molar-refractivity contribution is 7.12. The number of rotatable bonds is 5. The van der Waals surface area contributed by atoms with Gasteiger partial charge in [-0.3, -0.25) is 9.59 Å². The van der Waals surface area contributed by atoms with Gasteiger partial charge in [0.25, 0.3) is 11.7 Å². The number of hydrogen-bond donors (Lipinski definition) is 1. The molecule has 0 bridgehead atoms. The van der Waals surface area contributed by atoms with Crippen LogP contribution >= 0.6 is 11.3 Å². The van der Waals surface area contributed by atoms with Crippen LogP contribution in [-0.2, 0) is 6.54 Å². The highest BCUT2D eigenvalue weighted by atomic mass is 32.1. The second kappa shape index (κ2) is 6.82. The number of ether oxygens (including phenoxy) is 1. The monoisotopic (exact) mass is 343 g/mol. The van der Waals surface area contributed by atoms with Gasteiger partial charge in [0.1, 0.15) is 5.75 Å². The van der Waals surface area contributed by atoms with Gasteiger partial charge in [0.15, 0.2) is 0 Å². The zero-order valence-corrected chi connectivity index (χ0v) is 12.8. The van der Waals surface area contributed by atoms with E-state index in [1.807, 2.05) is 0 Å². The molecule has 1 N–H and O–H groups in total. The Balaban J connectivity index is 1.98. The first-order chi connectivity index (χ1) is 10.8. The number of halogens is 3. The minimum absolute atomic E-state index is 0.0473. The van der Waals surface area contributed by atoms with Gasteiger partial charge in [-0.05, 0) is 23.8 Å². The van der Waals surface area contributed by atoms with Crippen molar-refractivity contribution in [2.24, 2.45) is 0 Å². The molecule has 0 aliphatic heterocycles. The fourth-order valence-corrected chi connectivity index (χ4v) is 2.55. The molecular formula is C15H12F3NO3S. The summed E-state index contributed by atoms with van der Waals surface area (Å²) in [5, 5.41) is 3.61. The molecule has 2 aromatic rings. The minimum Gasteiger partial charge on any atom is -0.497 e. The summed E-state index contributed by atoms with van der Waals surface area (Å²) in [7, 11) is 1.54. The quantitative estimate of drug-likeness (QED) is 0.846. The standard InChI is InChI=1S/C15H12F3NO3S/c1-22-11-4-2-9(3-5-11)7-19-14(21)12-6-10(8-23-12)13(20)15(16,17)18/h2-6,8H,7H2,1H3,(H,19,21). The molecule has 2 rings (SSSR count). The largest absolute Gasteiger partial charge is 0.497 e. The fraction of sp³-hybridized carbons (Fsp3) is 0.200. The molecule has 122 valence electrons. The molecule has 0 saturated carbocycles. The Morgan fingerprint density at radius 3 is 2.43 bits per heavy atom. The SMILES string of the molecule is COc1ccc(CNC(=O)c2cc(C(=O)C(F)(F)F)cs2)cc1. The maximum Gasteiger partial charge on any atom is 0.454 e. The number of alkyl halides is 3. The van der Waals surface area contributed by atoms with Gasteiger partial charge in [-0.15, -0.1) is 11.3 Å². The summed E-state index contributed by atoms with van der Waals surface area (Å²) in [5.41, 5.74) is 0.277. The zero-order valence-electron chi connectivity index (χ0n) is 11.9. The van der Waals surface area contributed by atoms with E-state index in [0.29, 0.717) is 5.75 Å². The molecule has 1 amide bonds. The summed E-state index contributed by atoms with van der Waals surface area (Å²) in [6.45, 7) is 0.212. The third kappa shape index (κ3) is 4.32. The number of carbonyl (C=O) groups is 2. The summed E-state index contributed by atoms with van der Waals surface area (Å²) in [4.78, 5) is 23.0. The molecule has 1 heterocycles. The lowest BCUT2D eigenvalue weighted by atomic mass is 10.2. The summed E-state index contributed by atoms with van der Waals surface area (Å²) in [6.07, 6.45) is -4.95. The molecule has 4 nitrogen and oxygen atoms in total. The van der Waals surface area contributed by atoms with E-state index < -0.39 is 23.4 Å². The molecule has 23 heavy (non-hydrogen) atoms. The van der Waals surface area contributed by atoms with Crippen LogP contribution in [0.15, 0.2) is 35.7 Å². The van der Waals surface area contributed by atoms with Gasteiger partial charge in [-0.25, -0.2) is 0 Å². The highest BCUT2D eigenvalue weighted by Crippen LogP contribution is 2.25. The van der Waals surface area contributed by atoms with E-state index in [4.69, 9.17) is 4.74 Å². The topological polar surface area (TPSA) is 55.4 Å². The molecule has 0 fully saturated rings. The Labute approximate surface area is 133 Å². The molecule has 1 aromatic carbocycles. The predicted octanol–water partition coefficient (Wildman–Crippen LogP) is 3.43. The minimum atomic E-state index is -4.95. The van der Waals surface area contributed by atoms with Crippen molar-refractivity contribution in [1.82, 2.24) is 5.32 Å². The van der Waals surface area contributed by atoms with Crippen LogP contribution in [-0.4, -0.2) is 25.0 Å². The Bertz CT molecular complexity index is 708. The van der Waals surface area contributed by atoms with Gasteiger partial charge in [0.05, 0.1) is 12.0 Å². The van der Waals surface area contributed by atoms with Crippen LogP contribution in [0.2, 0.25) is 0 Å². The van der Waals surface area contributed by atoms with E-state index in [1.54, 1.807) is 24.3 Å². The second-order valence-corrected chi connectivity index (χ2v) is 5.47. The normalized spacial score (nSPS) is 11.1. The third-order valence-electron chi connectivity index (χ3n) is 2.96. The average molecular weight is 343 g/mol. The van der Waals surface area contributed by atoms with Gasteiger partial charge in [-0.1, -0.05) is 12.1 Å². The van der Waals surface area contributed by atoms with Crippen molar-refractivity contribution in [2.45, 2.75) is 12.7 Å². The van der Waals surface area contributed by atoms with E-state index in [-0.39, 0.29) is 11.4 Å². The number of amides is 1. The van der Waals surface area contributed by atoms with Gasteiger partial charge >= 0.3 is 6.18 Å². The number of carbonyl (C=O) groups excluding carboxylic acids is 2. The van der Waals surface area contributed by atoms with Crippen LogP contribution in [0, 0.1) is 0 Å². The van der Waals surface area contributed by atoms with Crippen molar-refractivity contribution in [3.05, 3.63) is 51.7 Å². The average Bonchev–Trinajstić information content (AvgIpc) is 3.01. The lowest BCUT2D eigenvalue weighted by molar-refractivity contribution is -0.0884. The molecule has 0 aliphatic rings. The predicted molar refractivity (Wildman–Crippen MR) is 78.9 cm³/mol. The molecule has 0 atom stereocenters. The first-order valence-electron chi connectivity index (χ1n) is 6.42. The first kappa shape index (κ1) is 17.0. The summed E-state index contributed by atoms with van der Waals surface area (Å²) < 4.78 is 42.0. The van der Waals surface area contributed by atoms with Crippen molar-refractivity contribution in [3.63, 3.8) is 0 Å². The smallest absolute Gasteiger partial charge is 0.454 e. The van der Waals surface area contributed by atoms with Crippen LogP contribution in [0.4, 0.5) is 13.2 Å². The van der Waals surface area contributed by atoms with E-state index in [1.165, 1.54) is 7.11 Å². The maximum atomic E-state index is 12.3. The molecule has 0 saturated heterocycles. The van der Waals surface area contributed by atoms with Gasteiger partial charge in [0, 0.05) is 17.5 Å². The lowest BCUT2D eigenvalue weighted by Crippen LogP contribution is -2.23. The summed E-state index contributed by atoms with van der Waals surface area (Å²) in [6, 6.07) is 7.92. The molecule has 0 radical (unpaired) electrons. The van der Waals surface area contributed by atoms with Crippen molar-refractivity contribution in [2.75, 3.05) is 7.11 Å². The third-order valence-corrected chi connectivity index (χ3v) is 3.88. The van der Waals surface area contributed by atoms with Crippen LogP contribution in [0.25, 0.3) is 0 Å². The van der Waals surface area contributed by atoms with Crippen molar-refractivity contribution in [3.8, 4) is 5.75 Å². The zero-order chi connectivity index (χ0) is 17.0. The van der Waals surface area contributed by atoms with Crippen LogP contribution < -0.4 is 10.1 Å². The van der Waals surface area contributed by atoms with E-state index in [0.717, 1.165) is 28.3 Å². The second-order valence-electron chi connectivity index (χ2n) is 4.56. The van der Waals surface area contributed by atoms with E-state index in [2.05, 4.69) is 5.32 Å². The number of thiophene rings is 1. The Hall–Kier alpha value is -2.35. The maximum absolute atomic E-state index is 12.3. The van der Waals surface area contributed by atoms with E-state index >= 15 is 0 Å². The molecule has 8 heteroatoms. The molecule has 0 unspecified atom stereocenters. The molecule has 1 aromatic heterocycles.